The molecular weight excluding hydrogens is 486 g/mol. The molecular formula is C37H23N3. The fourth-order valence-corrected chi connectivity index (χ4v) is 5.68. The molecule has 0 bridgehead atoms. The quantitative estimate of drug-likeness (QED) is 0.223. The molecule has 3 nitrogen and oxygen atoms in total. The Balaban J connectivity index is 1.36. The fraction of sp³-hybridized carbons (Fsp3) is 0. The molecule has 2 aromatic heterocycles. The standard InChI is InChI=1S/C37H23N3/c1-2-9-26-21-28(16-13-24(26)7-1)35-23-36(40-37(39-35)33-19-20-38-34-12-6-5-11-32(33)34)29-17-18-31-27(22-29)15-14-25-8-3-4-10-30(25)31/h1-23H. The van der Waals surface area contributed by atoms with Crippen LogP contribution in [0.25, 0.3) is 77.1 Å². The predicted octanol–water partition coefficient (Wildman–Crippen LogP) is 9.49. The minimum Gasteiger partial charge on any atom is -0.256 e. The lowest BCUT2D eigenvalue weighted by atomic mass is 9.98. The maximum atomic E-state index is 5.14. The molecule has 40 heavy (non-hydrogen) atoms. The monoisotopic (exact) mass is 509 g/mol. The maximum absolute atomic E-state index is 5.14. The van der Waals surface area contributed by atoms with Crippen LogP contribution in [0.4, 0.5) is 0 Å². The van der Waals surface area contributed by atoms with Crippen molar-refractivity contribution in [1.29, 1.82) is 0 Å². The van der Waals surface area contributed by atoms with Crippen LogP contribution in [0.15, 0.2) is 140 Å². The van der Waals surface area contributed by atoms with E-state index in [1.54, 1.807) is 0 Å². The van der Waals surface area contributed by atoms with E-state index in [0.717, 1.165) is 39.0 Å². The first-order chi connectivity index (χ1) is 19.8. The number of nitrogens with zero attached hydrogens (tertiary/aromatic N) is 3. The van der Waals surface area contributed by atoms with E-state index >= 15 is 0 Å². The molecule has 0 spiro atoms. The van der Waals surface area contributed by atoms with Gasteiger partial charge in [0.05, 0.1) is 16.9 Å². The zero-order valence-corrected chi connectivity index (χ0v) is 21.6. The molecule has 0 N–H and O–H groups in total. The summed E-state index contributed by atoms with van der Waals surface area (Å²) < 4.78 is 0. The number of pyridine rings is 1. The molecule has 0 amide bonds. The van der Waals surface area contributed by atoms with Gasteiger partial charge < -0.3 is 0 Å². The molecule has 0 atom stereocenters. The van der Waals surface area contributed by atoms with E-state index in [2.05, 4.69) is 114 Å². The molecule has 2 heterocycles. The highest BCUT2D eigenvalue weighted by molar-refractivity contribution is 6.08. The zero-order chi connectivity index (χ0) is 26.5. The Labute approximate surface area is 231 Å². The Morgan fingerprint density at radius 2 is 1.00 bits per heavy atom. The van der Waals surface area contributed by atoms with Crippen molar-refractivity contribution in [2.24, 2.45) is 0 Å². The molecule has 186 valence electrons. The second-order valence-corrected chi connectivity index (χ2v) is 10.1. The molecule has 0 saturated heterocycles. The first kappa shape index (κ1) is 22.6. The van der Waals surface area contributed by atoms with Gasteiger partial charge in [-0.05, 0) is 62.6 Å². The van der Waals surface area contributed by atoms with Gasteiger partial charge in [0.2, 0.25) is 0 Å². The van der Waals surface area contributed by atoms with Crippen LogP contribution in [0, 0.1) is 0 Å². The topological polar surface area (TPSA) is 38.7 Å². The third-order valence-corrected chi connectivity index (χ3v) is 7.70. The van der Waals surface area contributed by atoms with Gasteiger partial charge in [-0.1, -0.05) is 103 Å². The Morgan fingerprint density at radius 1 is 0.400 bits per heavy atom. The van der Waals surface area contributed by atoms with Crippen LogP contribution in [0.3, 0.4) is 0 Å². The third kappa shape index (κ3) is 3.79. The molecule has 0 fully saturated rings. The number of hydrogen-bond donors (Lipinski definition) is 0. The summed E-state index contributed by atoms with van der Waals surface area (Å²) in [5.41, 5.74) is 5.81. The maximum Gasteiger partial charge on any atom is 0.161 e. The molecule has 0 aliphatic rings. The Bertz CT molecular complexity index is 2230. The lowest BCUT2D eigenvalue weighted by molar-refractivity contribution is 1.19. The van der Waals surface area contributed by atoms with Gasteiger partial charge in [0.15, 0.2) is 5.82 Å². The highest BCUT2D eigenvalue weighted by atomic mass is 14.9. The molecule has 0 aliphatic carbocycles. The van der Waals surface area contributed by atoms with Gasteiger partial charge in [-0.3, -0.25) is 4.98 Å². The summed E-state index contributed by atoms with van der Waals surface area (Å²) in [5.74, 6) is 0.692. The van der Waals surface area contributed by atoms with Gasteiger partial charge in [-0.2, -0.15) is 0 Å². The molecule has 3 heteroatoms. The first-order valence-electron chi connectivity index (χ1n) is 13.4. The molecule has 0 aliphatic heterocycles. The minimum absolute atomic E-state index is 0.692. The van der Waals surface area contributed by atoms with E-state index in [1.807, 2.05) is 30.5 Å². The third-order valence-electron chi connectivity index (χ3n) is 7.70. The van der Waals surface area contributed by atoms with E-state index in [9.17, 15) is 0 Å². The van der Waals surface area contributed by atoms with Crippen molar-refractivity contribution in [3.05, 3.63) is 140 Å². The fourth-order valence-electron chi connectivity index (χ4n) is 5.68. The Kier molecular flexibility index (Phi) is 5.14. The smallest absolute Gasteiger partial charge is 0.161 e. The van der Waals surface area contributed by atoms with Gasteiger partial charge >= 0.3 is 0 Å². The average Bonchev–Trinajstić information content (AvgIpc) is 3.03. The van der Waals surface area contributed by atoms with Crippen LogP contribution in [0.1, 0.15) is 0 Å². The van der Waals surface area contributed by atoms with Crippen molar-refractivity contribution < 1.29 is 0 Å². The van der Waals surface area contributed by atoms with Crippen molar-refractivity contribution in [3.8, 4) is 33.9 Å². The van der Waals surface area contributed by atoms with Gasteiger partial charge in [-0.25, -0.2) is 9.97 Å². The number of fused-ring (bicyclic) bond motifs is 5. The van der Waals surface area contributed by atoms with E-state index < -0.39 is 0 Å². The van der Waals surface area contributed by atoms with E-state index in [4.69, 9.17) is 9.97 Å². The van der Waals surface area contributed by atoms with Gasteiger partial charge in [0, 0.05) is 28.3 Å². The van der Waals surface area contributed by atoms with Crippen LogP contribution in [-0.4, -0.2) is 15.0 Å². The van der Waals surface area contributed by atoms with E-state index in [0.29, 0.717) is 5.82 Å². The summed E-state index contributed by atoms with van der Waals surface area (Å²) in [6.07, 6.45) is 1.84. The minimum atomic E-state index is 0.692. The molecule has 0 saturated carbocycles. The highest BCUT2D eigenvalue weighted by Gasteiger charge is 2.14. The van der Waals surface area contributed by atoms with Crippen molar-refractivity contribution in [1.82, 2.24) is 15.0 Å². The average molecular weight is 510 g/mol. The Hall–Kier alpha value is -5.41. The van der Waals surface area contributed by atoms with E-state index in [1.165, 1.54) is 32.3 Å². The van der Waals surface area contributed by atoms with Crippen LogP contribution < -0.4 is 0 Å². The predicted molar refractivity (Wildman–Crippen MR) is 166 cm³/mol. The lowest BCUT2D eigenvalue weighted by Crippen LogP contribution is -1.97. The van der Waals surface area contributed by atoms with Gasteiger partial charge in [-0.15, -0.1) is 0 Å². The summed E-state index contributed by atoms with van der Waals surface area (Å²) in [6.45, 7) is 0. The first-order valence-corrected chi connectivity index (χ1v) is 13.4. The van der Waals surface area contributed by atoms with Gasteiger partial charge in [0.25, 0.3) is 0 Å². The second-order valence-electron chi connectivity index (χ2n) is 10.1. The number of aromatic nitrogens is 3. The number of hydrogen-bond acceptors (Lipinski definition) is 3. The SMILES string of the molecule is c1ccc2cc(-c3cc(-c4ccc5c(ccc6ccccc65)c4)nc(-c4ccnc5ccccc45)n3)ccc2c1. The van der Waals surface area contributed by atoms with Crippen molar-refractivity contribution >= 4 is 43.2 Å². The van der Waals surface area contributed by atoms with Crippen LogP contribution in [0.2, 0.25) is 0 Å². The van der Waals surface area contributed by atoms with Crippen LogP contribution in [-0.2, 0) is 0 Å². The van der Waals surface area contributed by atoms with Crippen LogP contribution in [0.5, 0.6) is 0 Å². The van der Waals surface area contributed by atoms with Gasteiger partial charge in [0.1, 0.15) is 0 Å². The summed E-state index contributed by atoms with van der Waals surface area (Å²) in [6, 6.07) is 46.8. The molecule has 8 rings (SSSR count). The Morgan fingerprint density at radius 3 is 1.85 bits per heavy atom. The molecule has 8 aromatic rings. The lowest BCUT2D eigenvalue weighted by Gasteiger charge is -2.12. The van der Waals surface area contributed by atoms with E-state index in [-0.39, 0.29) is 0 Å². The summed E-state index contributed by atoms with van der Waals surface area (Å²) in [5, 5.41) is 8.38. The van der Waals surface area contributed by atoms with Crippen molar-refractivity contribution in [2.45, 2.75) is 0 Å². The summed E-state index contributed by atoms with van der Waals surface area (Å²) in [7, 11) is 0. The summed E-state index contributed by atoms with van der Waals surface area (Å²) >= 11 is 0. The highest BCUT2D eigenvalue weighted by Crippen LogP contribution is 2.34. The molecule has 6 aromatic carbocycles. The second kappa shape index (κ2) is 9.11. The van der Waals surface area contributed by atoms with Crippen molar-refractivity contribution in [3.63, 3.8) is 0 Å². The number of benzene rings is 6. The zero-order valence-electron chi connectivity index (χ0n) is 21.6. The van der Waals surface area contributed by atoms with Crippen molar-refractivity contribution in [2.75, 3.05) is 0 Å². The van der Waals surface area contributed by atoms with Crippen LogP contribution >= 0.6 is 0 Å². The largest absolute Gasteiger partial charge is 0.256 e. The summed E-state index contributed by atoms with van der Waals surface area (Å²) in [4.78, 5) is 14.8. The molecule has 0 unspecified atom stereocenters. The number of rotatable bonds is 3. The normalized spacial score (nSPS) is 11.5. The molecule has 0 radical (unpaired) electrons. The number of para-hydroxylation sites is 1.